The number of rotatable bonds is 9. The molecule has 4 nitrogen and oxygen atoms in total. The van der Waals surface area contributed by atoms with E-state index in [-0.39, 0.29) is 11.2 Å². The van der Waals surface area contributed by atoms with Gasteiger partial charge in [-0.1, -0.05) is 20.8 Å². The molecule has 0 bridgehead atoms. The topological polar surface area (TPSA) is 43.4 Å². The fraction of sp³-hybridized carbons (Fsp3) is 0.526. The first-order valence-electron chi connectivity index (χ1n) is 8.42. The molecule has 0 spiro atoms. The number of aromatic nitrogens is 1. The van der Waals surface area contributed by atoms with Crippen LogP contribution in [0.25, 0.3) is 0 Å². The van der Waals surface area contributed by atoms with Crippen molar-refractivity contribution in [2.45, 2.75) is 46.4 Å². The van der Waals surface area contributed by atoms with Crippen LogP contribution in [0, 0.1) is 11.2 Å². The summed E-state index contributed by atoms with van der Waals surface area (Å²) in [5, 5.41) is 6.54. The van der Waals surface area contributed by atoms with Gasteiger partial charge in [0.25, 0.3) is 0 Å². The van der Waals surface area contributed by atoms with Crippen molar-refractivity contribution in [2.75, 3.05) is 13.7 Å². The molecule has 1 unspecified atom stereocenters. The summed E-state index contributed by atoms with van der Waals surface area (Å²) in [4.78, 5) is 4.60. The minimum absolute atomic E-state index is 0.156. The van der Waals surface area contributed by atoms with Crippen LogP contribution in [0.4, 0.5) is 4.39 Å². The Balaban J connectivity index is 1.84. The van der Waals surface area contributed by atoms with Crippen LogP contribution >= 0.6 is 11.3 Å². The van der Waals surface area contributed by atoms with Gasteiger partial charge in [-0.15, -0.1) is 11.3 Å². The second-order valence-electron chi connectivity index (χ2n) is 7.06. The summed E-state index contributed by atoms with van der Waals surface area (Å²) in [5.41, 5.74) is 1.16. The third kappa shape index (κ3) is 6.72. The zero-order chi connectivity index (χ0) is 18.3. The van der Waals surface area contributed by atoms with Gasteiger partial charge in [0.15, 0.2) is 0 Å². The highest BCUT2D eigenvalue weighted by Gasteiger charge is 2.23. The number of benzene rings is 1. The highest BCUT2D eigenvalue weighted by atomic mass is 32.1. The number of hydrogen-bond acceptors (Lipinski definition) is 5. The molecule has 1 N–H and O–H groups in total. The number of halogens is 1. The van der Waals surface area contributed by atoms with Gasteiger partial charge in [0.05, 0.1) is 5.69 Å². The molecule has 0 aliphatic rings. The lowest BCUT2D eigenvalue weighted by atomic mass is 9.85. The summed E-state index contributed by atoms with van der Waals surface area (Å²) in [6.45, 7) is 8.53. The number of nitrogens with zero attached hydrogens (tertiary/aromatic N) is 1. The first-order chi connectivity index (χ1) is 11.9. The standard InChI is InChI=1S/C19H27FN2O2S/c1-19(2,3)17(9-10-23-4)21-11-15-13-25-18(22-15)12-24-16-7-5-14(20)6-8-16/h5-8,13,17,21H,9-12H2,1-4H3. The monoisotopic (exact) mass is 366 g/mol. The molecule has 0 aliphatic carbocycles. The maximum atomic E-state index is 12.9. The van der Waals surface area contributed by atoms with Crippen LogP contribution in [0.15, 0.2) is 29.6 Å². The summed E-state index contributed by atoms with van der Waals surface area (Å²) in [5.74, 6) is 0.375. The van der Waals surface area contributed by atoms with E-state index in [1.54, 1.807) is 30.6 Å². The van der Waals surface area contributed by atoms with Crippen molar-refractivity contribution in [3.8, 4) is 5.75 Å². The number of nitrogens with one attached hydrogen (secondary N) is 1. The van der Waals surface area contributed by atoms with Crippen molar-refractivity contribution in [1.82, 2.24) is 10.3 Å². The molecule has 1 aromatic carbocycles. The Morgan fingerprint density at radius 2 is 1.96 bits per heavy atom. The largest absolute Gasteiger partial charge is 0.486 e. The van der Waals surface area contributed by atoms with Crippen molar-refractivity contribution in [1.29, 1.82) is 0 Å². The van der Waals surface area contributed by atoms with Gasteiger partial charge in [-0.3, -0.25) is 0 Å². The molecule has 0 radical (unpaired) electrons. The SMILES string of the molecule is COCCC(NCc1csc(COc2ccc(F)cc2)n1)C(C)(C)C. The number of thiazole rings is 1. The van der Waals surface area contributed by atoms with Crippen LogP contribution in [-0.2, 0) is 17.9 Å². The minimum atomic E-state index is -0.267. The third-order valence-corrected chi connectivity index (χ3v) is 4.83. The highest BCUT2D eigenvalue weighted by molar-refractivity contribution is 7.09. The molecule has 138 valence electrons. The fourth-order valence-corrected chi connectivity index (χ4v) is 3.18. The van der Waals surface area contributed by atoms with Crippen LogP contribution in [0.3, 0.4) is 0 Å². The number of methoxy groups -OCH3 is 1. The maximum Gasteiger partial charge on any atom is 0.140 e. The van der Waals surface area contributed by atoms with Gasteiger partial charge < -0.3 is 14.8 Å². The zero-order valence-electron chi connectivity index (χ0n) is 15.3. The van der Waals surface area contributed by atoms with Gasteiger partial charge in [0.1, 0.15) is 23.2 Å². The molecule has 2 aromatic rings. The minimum Gasteiger partial charge on any atom is -0.486 e. The van der Waals surface area contributed by atoms with Gasteiger partial charge in [-0.25, -0.2) is 9.37 Å². The van der Waals surface area contributed by atoms with E-state index >= 15 is 0 Å². The molecule has 1 heterocycles. The molecule has 0 amide bonds. The van der Waals surface area contributed by atoms with Crippen molar-refractivity contribution < 1.29 is 13.9 Å². The molecule has 0 saturated carbocycles. The average molecular weight is 367 g/mol. The molecule has 2 rings (SSSR count). The van der Waals surface area contributed by atoms with Gasteiger partial charge in [0, 0.05) is 31.7 Å². The van der Waals surface area contributed by atoms with E-state index in [0.29, 0.717) is 18.4 Å². The van der Waals surface area contributed by atoms with E-state index in [9.17, 15) is 4.39 Å². The van der Waals surface area contributed by atoms with E-state index < -0.39 is 0 Å². The molecule has 0 fully saturated rings. The zero-order valence-corrected chi connectivity index (χ0v) is 16.2. The average Bonchev–Trinajstić information content (AvgIpc) is 3.01. The summed E-state index contributed by atoms with van der Waals surface area (Å²) in [6.07, 6.45) is 0.963. The Hall–Kier alpha value is -1.50. The predicted octanol–water partition coefficient (Wildman–Crippen LogP) is 4.40. The van der Waals surface area contributed by atoms with Crippen LogP contribution in [0.1, 0.15) is 37.9 Å². The van der Waals surface area contributed by atoms with Crippen molar-refractivity contribution in [2.24, 2.45) is 5.41 Å². The van der Waals surface area contributed by atoms with Crippen LogP contribution in [0.2, 0.25) is 0 Å². The Labute approximate surface area is 153 Å². The molecule has 1 atom stereocenters. The van der Waals surface area contributed by atoms with E-state index in [2.05, 4.69) is 31.1 Å². The first kappa shape index (κ1) is 19.8. The van der Waals surface area contributed by atoms with Gasteiger partial charge >= 0.3 is 0 Å². The molecular weight excluding hydrogens is 339 g/mol. The molecule has 0 saturated heterocycles. The molecule has 25 heavy (non-hydrogen) atoms. The first-order valence-corrected chi connectivity index (χ1v) is 9.30. The summed E-state index contributed by atoms with van der Waals surface area (Å²) >= 11 is 1.57. The lowest BCUT2D eigenvalue weighted by Gasteiger charge is -2.31. The van der Waals surface area contributed by atoms with Gasteiger partial charge in [-0.2, -0.15) is 0 Å². The van der Waals surface area contributed by atoms with E-state index in [1.165, 1.54) is 12.1 Å². The molecule has 1 aromatic heterocycles. The van der Waals surface area contributed by atoms with Crippen molar-refractivity contribution >= 4 is 11.3 Å². The smallest absolute Gasteiger partial charge is 0.140 e. The van der Waals surface area contributed by atoms with E-state index in [0.717, 1.165) is 30.3 Å². The van der Waals surface area contributed by atoms with E-state index in [4.69, 9.17) is 9.47 Å². The Morgan fingerprint density at radius 3 is 2.60 bits per heavy atom. The quantitative estimate of drug-likeness (QED) is 0.714. The maximum absolute atomic E-state index is 12.9. The Kier molecular flexibility index (Phi) is 7.35. The normalized spacial score (nSPS) is 13.0. The molecule has 0 aliphatic heterocycles. The van der Waals surface area contributed by atoms with Crippen molar-refractivity contribution in [3.05, 3.63) is 46.2 Å². The Morgan fingerprint density at radius 1 is 1.24 bits per heavy atom. The highest BCUT2D eigenvalue weighted by Crippen LogP contribution is 2.23. The van der Waals surface area contributed by atoms with E-state index in [1.807, 2.05) is 5.38 Å². The van der Waals surface area contributed by atoms with Crippen molar-refractivity contribution in [3.63, 3.8) is 0 Å². The lowest BCUT2D eigenvalue weighted by molar-refractivity contribution is 0.151. The predicted molar refractivity (Wildman–Crippen MR) is 99.4 cm³/mol. The summed E-state index contributed by atoms with van der Waals surface area (Å²) in [7, 11) is 1.73. The lowest BCUT2D eigenvalue weighted by Crippen LogP contribution is -2.40. The molecular formula is C19H27FN2O2S. The molecule has 6 heteroatoms. The number of hydrogen-bond donors (Lipinski definition) is 1. The second-order valence-corrected chi connectivity index (χ2v) is 8.00. The Bertz CT molecular complexity index is 638. The van der Waals surface area contributed by atoms with Crippen LogP contribution in [-0.4, -0.2) is 24.7 Å². The van der Waals surface area contributed by atoms with Crippen LogP contribution in [0.5, 0.6) is 5.75 Å². The third-order valence-electron chi connectivity index (χ3n) is 3.96. The van der Waals surface area contributed by atoms with Crippen LogP contribution < -0.4 is 10.1 Å². The summed E-state index contributed by atoms with van der Waals surface area (Å²) < 4.78 is 23.7. The number of ether oxygens (including phenoxy) is 2. The fourth-order valence-electron chi connectivity index (χ4n) is 2.48. The second kappa shape index (κ2) is 9.27. The summed E-state index contributed by atoms with van der Waals surface area (Å²) in [6, 6.07) is 6.37. The van der Waals surface area contributed by atoms with Gasteiger partial charge in [-0.05, 0) is 36.1 Å². The van der Waals surface area contributed by atoms with Gasteiger partial charge in [0.2, 0.25) is 0 Å².